The maximum Gasteiger partial charge on any atom is 0.0860 e. The average Bonchev–Trinajstić information content (AvgIpc) is 2.75. The molecule has 0 amide bonds. The van der Waals surface area contributed by atoms with E-state index in [9.17, 15) is 10.2 Å². The van der Waals surface area contributed by atoms with Gasteiger partial charge >= 0.3 is 0 Å². The molecule has 4 rings (SSSR count). The number of aliphatic hydroxyl groups is 2. The average molecular weight is 429 g/mol. The molecule has 2 N–H and O–H groups in total. The standard InChI is InChI=1S/C24H25ClO3S/c1-29-19-8-6-15(7-9-19)10-16-11-22(20-4-2-3-5-21(20)24(16)25)23-13-17(27)12-18(14-26)28-23/h2-9,11,17-18,23,26-27H,10,12-14H2,1H3/t17-,18?,23+/m0/s1. The minimum Gasteiger partial charge on any atom is -0.394 e. The van der Waals surface area contributed by atoms with Gasteiger partial charge in [-0.3, -0.25) is 0 Å². The Kier molecular flexibility index (Phi) is 6.47. The second-order valence-corrected chi connectivity index (χ2v) is 8.82. The summed E-state index contributed by atoms with van der Waals surface area (Å²) >= 11 is 8.54. The van der Waals surface area contributed by atoms with Crippen LogP contribution in [0.1, 0.15) is 35.6 Å². The van der Waals surface area contributed by atoms with Crippen LogP contribution in [0, 0.1) is 0 Å². The second kappa shape index (κ2) is 9.07. The summed E-state index contributed by atoms with van der Waals surface area (Å²) in [5.74, 6) is 0. The highest BCUT2D eigenvalue weighted by Gasteiger charge is 2.30. The zero-order valence-electron chi connectivity index (χ0n) is 16.3. The molecule has 1 heterocycles. The van der Waals surface area contributed by atoms with Gasteiger partial charge in [0.15, 0.2) is 0 Å². The van der Waals surface area contributed by atoms with Crippen molar-refractivity contribution in [1.29, 1.82) is 0 Å². The molecule has 5 heteroatoms. The van der Waals surface area contributed by atoms with Crippen LogP contribution in [0.4, 0.5) is 0 Å². The lowest BCUT2D eigenvalue weighted by Gasteiger charge is -2.33. The third-order valence-corrected chi connectivity index (χ3v) is 6.76. The molecule has 0 saturated carbocycles. The number of hydrogen-bond donors (Lipinski definition) is 2. The van der Waals surface area contributed by atoms with Crippen molar-refractivity contribution >= 4 is 34.1 Å². The van der Waals surface area contributed by atoms with E-state index in [1.54, 1.807) is 11.8 Å². The molecule has 0 spiro atoms. The van der Waals surface area contributed by atoms with Crippen LogP contribution in [0.25, 0.3) is 10.8 Å². The number of fused-ring (bicyclic) bond motifs is 1. The van der Waals surface area contributed by atoms with Crippen molar-refractivity contribution in [3.05, 3.63) is 76.3 Å². The monoisotopic (exact) mass is 428 g/mol. The van der Waals surface area contributed by atoms with Gasteiger partial charge in [-0.15, -0.1) is 11.8 Å². The van der Waals surface area contributed by atoms with Crippen molar-refractivity contribution in [2.45, 2.75) is 42.5 Å². The van der Waals surface area contributed by atoms with Crippen LogP contribution in [0.5, 0.6) is 0 Å². The molecule has 0 bridgehead atoms. The third-order valence-electron chi connectivity index (χ3n) is 5.57. The number of thioether (sulfide) groups is 1. The summed E-state index contributed by atoms with van der Waals surface area (Å²) in [6.07, 6.45) is 2.68. The van der Waals surface area contributed by atoms with Crippen LogP contribution in [-0.4, -0.2) is 35.3 Å². The SMILES string of the molecule is CSc1ccc(Cc2cc([C@H]3C[C@@H](O)CC(CO)O3)c3ccccc3c2Cl)cc1. The van der Waals surface area contributed by atoms with Crippen molar-refractivity contribution < 1.29 is 14.9 Å². The lowest BCUT2D eigenvalue weighted by Crippen LogP contribution is -2.33. The molecule has 1 aliphatic rings. The predicted molar refractivity (Wildman–Crippen MR) is 120 cm³/mol. The molecule has 29 heavy (non-hydrogen) atoms. The number of aliphatic hydroxyl groups excluding tert-OH is 2. The molecule has 3 atom stereocenters. The van der Waals surface area contributed by atoms with Crippen LogP contribution >= 0.6 is 23.4 Å². The van der Waals surface area contributed by atoms with E-state index in [1.807, 2.05) is 24.3 Å². The van der Waals surface area contributed by atoms with Crippen LogP contribution in [0.2, 0.25) is 5.02 Å². The van der Waals surface area contributed by atoms with E-state index in [-0.39, 0.29) is 18.8 Å². The molecule has 3 aromatic rings. The fourth-order valence-electron chi connectivity index (χ4n) is 4.09. The summed E-state index contributed by atoms with van der Waals surface area (Å²) in [5, 5.41) is 22.7. The summed E-state index contributed by atoms with van der Waals surface area (Å²) in [5.41, 5.74) is 3.27. The van der Waals surface area contributed by atoms with Gasteiger partial charge in [-0.1, -0.05) is 54.1 Å². The zero-order valence-corrected chi connectivity index (χ0v) is 17.9. The summed E-state index contributed by atoms with van der Waals surface area (Å²) in [6, 6.07) is 18.7. The Balaban J connectivity index is 1.76. The molecule has 1 aliphatic heterocycles. The van der Waals surface area contributed by atoms with Gasteiger partial charge in [0.1, 0.15) is 0 Å². The van der Waals surface area contributed by atoms with Crippen molar-refractivity contribution in [3.63, 3.8) is 0 Å². The van der Waals surface area contributed by atoms with E-state index in [4.69, 9.17) is 16.3 Å². The Labute approximate surface area is 180 Å². The minimum absolute atomic E-state index is 0.0896. The van der Waals surface area contributed by atoms with Crippen LogP contribution in [0.3, 0.4) is 0 Å². The topological polar surface area (TPSA) is 49.7 Å². The molecule has 1 fully saturated rings. The lowest BCUT2D eigenvalue weighted by molar-refractivity contribution is -0.113. The van der Waals surface area contributed by atoms with E-state index in [1.165, 1.54) is 10.5 Å². The fourth-order valence-corrected chi connectivity index (χ4v) is 4.79. The van der Waals surface area contributed by atoms with Gasteiger partial charge < -0.3 is 14.9 Å². The van der Waals surface area contributed by atoms with Crippen LogP contribution in [0.15, 0.2) is 59.5 Å². The van der Waals surface area contributed by atoms with E-state index < -0.39 is 6.10 Å². The van der Waals surface area contributed by atoms with E-state index in [0.717, 1.165) is 33.3 Å². The summed E-state index contributed by atoms with van der Waals surface area (Å²) in [7, 11) is 0. The zero-order chi connectivity index (χ0) is 20.4. The third kappa shape index (κ3) is 4.47. The lowest BCUT2D eigenvalue weighted by atomic mass is 9.90. The molecule has 3 nitrogen and oxygen atoms in total. The molecule has 0 aliphatic carbocycles. The molecule has 1 saturated heterocycles. The Morgan fingerprint density at radius 3 is 2.48 bits per heavy atom. The Morgan fingerprint density at radius 2 is 1.79 bits per heavy atom. The number of benzene rings is 3. The van der Waals surface area contributed by atoms with E-state index >= 15 is 0 Å². The largest absolute Gasteiger partial charge is 0.394 e. The predicted octanol–water partition coefficient (Wildman–Crippen LogP) is 5.38. The first kappa shape index (κ1) is 20.7. The van der Waals surface area contributed by atoms with E-state index in [0.29, 0.717) is 12.8 Å². The van der Waals surface area contributed by atoms with Crippen LogP contribution in [-0.2, 0) is 11.2 Å². The maximum atomic E-state index is 10.3. The van der Waals surface area contributed by atoms with Crippen molar-refractivity contribution in [2.75, 3.05) is 12.9 Å². The first-order chi connectivity index (χ1) is 14.1. The second-order valence-electron chi connectivity index (χ2n) is 7.56. The van der Waals surface area contributed by atoms with Gasteiger partial charge in [0.2, 0.25) is 0 Å². The number of hydrogen-bond acceptors (Lipinski definition) is 4. The quantitative estimate of drug-likeness (QED) is 0.535. The molecule has 0 aromatic heterocycles. The summed E-state index contributed by atoms with van der Waals surface area (Å²) < 4.78 is 6.12. The molecule has 3 aromatic carbocycles. The van der Waals surface area contributed by atoms with Crippen molar-refractivity contribution in [3.8, 4) is 0 Å². The van der Waals surface area contributed by atoms with Gasteiger partial charge in [-0.05, 0) is 46.9 Å². The Morgan fingerprint density at radius 1 is 1.07 bits per heavy atom. The highest BCUT2D eigenvalue weighted by molar-refractivity contribution is 7.98. The highest BCUT2D eigenvalue weighted by Crippen LogP contribution is 2.39. The Hall–Kier alpha value is -1.56. The first-order valence-corrected chi connectivity index (χ1v) is 11.5. The molecule has 1 unspecified atom stereocenters. The van der Waals surface area contributed by atoms with Gasteiger partial charge in [-0.25, -0.2) is 0 Å². The summed E-state index contributed by atoms with van der Waals surface area (Å²) in [4.78, 5) is 1.23. The van der Waals surface area contributed by atoms with Gasteiger partial charge in [0, 0.05) is 23.1 Å². The van der Waals surface area contributed by atoms with Crippen molar-refractivity contribution in [2.24, 2.45) is 0 Å². The molecular formula is C24H25ClO3S. The van der Waals surface area contributed by atoms with Gasteiger partial charge in [0.05, 0.1) is 29.9 Å². The molecule has 152 valence electrons. The fraction of sp³-hybridized carbons (Fsp3) is 0.333. The van der Waals surface area contributed by atoms with Gasteiger partial charge in [-0.2, -0.15) is 0 Å². The van der Waals surface area contributed by atoms with Crippen molar-refractivity contribution in [1.82, 2.24) is 0 Å². The van der Waals surface area contributed by atoms with E-state index in [2.05, 4.69) is 36.6 Å². The maximum absolute atomic E-state index is 10.3. The highest BCUT2D eigenvalue weighted by atomic mass is 35.5. The molecular weight excluding hydrogens is 404 g/mol. The normalized spacial score (nSPS) is 22.1. The number of halogens is 1. The Bertz CT molecular complexity index is 989. The number of ether oxygens (including phenoxy) is 1. The number of rotatable bonds is 5. The summed E-state index contributed by atoms with van der Waals surface area (Å²) in [6.45, 7) is -0.0896. The van der Waals surface area contributed by atoms with Crippen LogP contribution < -0.4 is 0 Å². The molecule has 0 radical (unpaired) electrons. The first-order valence-electron chi connectivity index (χ1n) is 9.86. The van der Waals surface area contributed by atoms with Gasteiger partial charge in [0.25, 0.3) is 0 Å². The smallest absolute Gasteiger partial charge is 0.0860 e. The minimum atomic E-state index is -0.483.